The van der Waals surface area contributed by atoms with Crippen LogP contribution in [0.15, 0.2) is 0 Å². The lowest BCUT2D eigenvalue weighted by atomic mass is 10.0. The van der Waals surface area contributed by atoms with Gasteiger partial charge in [0.2, 0.25) is 5.91 Å². The first-order valence-electron chi connectivity index (χ1n) is 5.43. The monoisotopic (exact) mass is 246 g/mol. The Bertz CT molecular complexity index is 254. The third-order valence-electron chi connectivity index (χ3n) is 2.44. The highest BCUT2D eigenvalue weighted by Crippen LogP contribution is 2.13. The molecule has 0 aromatic rings. The van der Waals surface area contributed by atoms with Crippen molar-refractivity contribution in [2.24, 2.45) is 5.73 Å². The Morgan fingerprint density at radius 1 is 1.56 bits per heavy atom. The number of methoxy groups -OCH3 is 1. The predicted molar refractivity (Wildman–Crippen MR) is 69.3 cm³/mol. The lowest BCUT2D eigenvalue weighted by Crippen LogP contribution is -2.40. The van der Waals surface area contributed by atoms with E-state index in [1.165, 1.54) is 0 Å². The zero-order valence-electron chi connectivity index (χ0n) is 10.5. The van der Waals surface area contributed by atoms with Gasteiger partial charge in [0.25, 0.3) is 0 Å². The minimum atomic E-state index is -0.439. The Labute approximate surface area is 103 Å². The Hall–Kier alpha value is -0.680. The highest BCUT2D eigenvalue weighted by molar-refractivity contribution is 7.80. The quantitative estimate of drug-likeness (QED) is 0.666. The van der Waals surface area contributed by atoms with Crippen molar-refractivity contribution < 1.29 is 9.53 Å². The van der Waals surface area contributed by atoms with E-state index in [1.807, 2.05) is 20.8 Å². The van der Waals surface area contributed by atoms with Gasteiger partial charge >= 0.3 is 0 Å². The van der Waals surface area contributed by atoms with Crippen LogP contribution in [-0.2, 0) is 9.53 Å². The number of nitrogens with two attached hydrogens (primary N) is 1. The number of amides is 1. The molecule has 94 valence electrons. The molecule has 16 heavy (non-hydrogen) atoms. The molecule has 0 aromatic carbocycles. The van der Waals surface area contributed by atoms with E-state index in [9.17, 15) is 4.79 Å². The molecule has 3 N–H and O–H groups in total. The van der Waals surface area contributed by atoms with Gasteiger partial charge < -0.3 is 15.8 Å². The fourth-order valence-corrected chi connectivity index (χ4v) is 1.48. The topological polar surface area (TPSA) is 64.3 Å². The Morgan fingerprint density at radius 3 is 2.50 bits per heavy atom. The summed E-state index contributed by atoms with van der Waals surface area (Å²) < 4.78 is 5.19. The molecule has 5 heteroatoms. The smallest absolute Gasteiger partial charge is 0.223 e. The highest BCUT2D eigenvalue weighted by Gasteiger charge is 2.22. The largest absolute Gasteiger partial charge is 0.393 e. The van der Waals surface area contributed by atoms with Gasteiger partial charge in [-0.2, -0.15) is 0 Å². The van der Waals surface area contributed by atoms with Gasteiger partial charge in [0.1, 0.15) is 0 Å². The number of ether oxygens (including phenoxy) is 1. The summed E-state index contributed by atoms with van der Waals surface area (Å²) in [6.45, 7) is 5.74. The second-order valence-electron chi connectivity index (χ2n) is 4.48. The van der Waals surface area contributed by atoms with E-state index in [-0.39, 0.29) is 11.9 Å². The average molecular weight is 246 g/mol. The molecule has 0 aliphatic carbocycles. The van der Waals surface area contributed by atoms with E-state index in [0.29, 0.717) is 17.8 Å². The Morgan fingerprint density at radius 2 is 2.12 bits per heavy atom. The van der Waals surface area contributed by atoms with Crippen molar-refractivity contribution in [1.29, 1.82) is 0 Å². The standard InChI is InChI=1S/C11H22N2O2S/c1-5-8(6-9(12)16)13-10(14)7-11(2,3)15-4/h8H,5-7H2,1-4H3,(H2,12,16)(H,13,14). The summed E-state index contributed by atoms with van der Waals surface area (Å²) in [5.74, 6) is -0.0325. The van der Waals surface area contributed by atoms with Crippen LogP contribution in [0.3, 0.4) is 0 Å². The molecule has 0 saturated carbocycles. The molecule has 1 unspecified atom stereocenters. The van der Waals surface area contributed by atoms with E-state index in [4.69, 9.17) is 22.7 Å². The van der Waals surface area contributed by atoms with Crippen LogP contribution >= 0.6 is 12.2 Å². The number of rotatable bonds is 7. The summed E-state index contributed by atoms with van der Waals surface area (Å²) >= 11 is 4.83. The molecule has 4 nitrogen and oxygen atoms in total. The first-order chi connectivity index (χ1) is 7.30. The van der Waals surface area contributed by atoms with Crippen molar-refractivity contribution in [2.75, 3.05) is 7.11 Å². The number of thiocarbonyl (C=S) groups is 1. The molecular weight excluding hydrogens is 224 g/mol. The summed E-state index contributed by atoms with van der Waals surface area (Å²) in [5.41, 5.74) is 5.01. The number of carbonyl (C=O) groups excluding carboxylic acids is 1. The molecule has 0 spiro atoms. The van der Waals surface area contributed by atoms with Crippen molar-refractivity contribution in [3.8, 4) is 0 Å². The number of carbonyl (C=O) groups is 1. The third-order valence-corrected chi connectivity index (χ3v) is 2.61. The van der Waals surface area contributed by atoms with Gasteiger partial charge in [0.15, 0.2) is 0 Å². The van der Waals surface area contributed by atoms with Crippen LogP contribution < -0.4 is 11.1 Å². The van der Waals surface area contributed by atoms with Crippen LogP contribution in [0.4, 0.5) is 0 Å². The van der Waals surface area contributed by atoms with Crippen LogP contribution in [-0.4, -0.2) is 29.6 Å². The number of hydrogen-bond acceptors (Lipinski definition) is 3. The molecule has 0 bridgehead atoms. The summed E-state index contributed by atoms with van der Waals surface area (Å²) in [6.07, 6.45) is 1.69. The van der Waals surface area contributed by atoms with Crippen LogP contribution in [0.5, 0.6) is 0 Å². The van der Waals surface area contributed by atoms with Gasteiger partial charge in [-0.25, -0.2) is 0 Å². The van der Waals surface area contributed by atoms with Crippen molar-refractivity contribution >= 4 is 23.1 Å². The van der Waals surface area contributed by atoms with Gasteiger partial charge in [-0.3, -0.25) is 4.79 Å². The van der Waals surface area contributed by atoms with E-state index in [1.54, 1.807) is 7.11 Å². The molecule has 0 saturated heterocycles. The van der Waals surface area contributed by atoms with Gasteiger partial charge in [-0.05, 0) is 20.3 Å². The summed E-state index contributed by atoms with van der Waals surface area (Å²) in [5, 5.41) is 2.90. The van der Waals surface area contributed by atoms with Gasteiger partial charge in [0.05, 0.1) is 17.0 Å². The van der Waals surface area contributed by atoms with Crippen LogP contribution in [0.1, 0.15) is 40.0 Å². The van der Waals surface area contributed by atoms with Crippen LogP contribution in [0.25, 0.3) is 0 Å². The van der Waals surface area contributed by atoms with Gasteiger partial charge in [-0.15, -0.1) is 0 Å². The zero-order valence-corrected chi connectivity index (χ0v) is 11.3. The Kier molecular flexibility index (Phi) is 6.52. The van der Waals surface area contributed by atoms with Crippen molar-refractivity contribution in [2.45, 2.75) is 51.7 Å². The normalized spacial score (nSPS) is 13.2. The molecule has 1 amide bonds. The maximum atomic E-state index is 11.7. The minimum absolute atomic E-state index is 0.0256. The SMILES string of the molecule is CCC(CC(N)=S)NC(=O)CC(C)(C)OC. The molecule has 0 fully saturated rings. The minimum Gasteiger partial charge on any atom is -0.393 e. The van der Waals surface area contributed by atoms with Gasteiger partial charge in [0, 0.05) is 19.6 Å². The average Bonchev–Trinajstić information content (AvgIpc) is 2.15. The second kappa shape index (κ2) is 6.81. The highest BCUT2D eigenvalue weighted by atomic mass is 32.1. The predicted octanol–water partition coefficient (Wildman–Crippen LogP) is 1.37. The summed E-state index contributed by atoms with van der Waals surface area (Å²) in [4.78, 5) is 12.1. The van der Waals surface area contributed by atoms with Crippen LogP contribution in [0.2, 0.25) is 0 Å². The van der Waals surface area contributed by atoms with Crippen molar-refractivity contribution in [1.82, 2.24) is 5.32 Å². The molecule has 0 rings (SSSR count). The lowest BCUT2D eigenvalue weighted by molar-refractivity contribution is -0.126. The van der Waals surface area contributed by atoms with Crippen molar-refractivity contribution in [3.63, 3.8) is 0 Å². The molecule has 0 aromatic heterocycles. The fraction of sp³-hybridized carbons (Fsp3) is 0.818. The summed E-state index contributed by atoms with van der Waals surface area (Å²) in [7, 11) is 1.60. The molecule has 0 aliphatic rings. The maximum Gasteiger partial charge on any atom is 0.223 e. The lowest BCUT2D eigenvalue weighted by Gasteiger charge is -2.24. The first kappa shape index (κ1) is 15.3. The summed E-state index contributed by atoms with van der Waals surface area (Å²) in [6, 6.07) is 0.0256. The van der Waals surface area contributed by atoms with Crippen molar-refractivity contribution in [3.05, 3.63) is 0 Å². The fourth-order valence-electron chi connectivity index (χ4n) is 1.28. The van der Waals surface area contributed by atoms with E-state index in [2.05, 4.69) is 5.32 Å². The number of nitrogens with one attached hydrogen (secondary N) is 1. The molecule has 1 atom stereocenters. The molecule has 0 aliphatic heterocycles. The first-order valence-corrected chi connectivity index (χ1v) is 5.84. The molecule has 0 heterocycles. The molecule has 0 radical (unpaired) electrons. The van der Waals surface area contributed by atoms with Gasteiger partial charge in [-0.1, -0.05) is 19.1 Å². The Balaban J connectivity index is 4.16. The van der Waals surface area contributed by atoms with Crippen LogP contribution in [0, 0.1) is 0 Å². The number of hydrogen-bond donors (Lipinski definition) is 2. The van der Waals surface area contributed by atoms with E-state index in [0.717, 1.165) is 6.42 Å². The molecular formula is C11H22N2O2S. The maximum absolute atomic E-state index is 11.7. The zero-order chi connectivity index (χ0) is 12.8. The third kappa shape index (κ3) is 6.74. The van der Waals surface area contributed by atoms with E-state index >= 15 is 0 Å². The second-order valence-corrected chi connectivity index (χ2v) is 5.01. The van der Waals surface area contributed by atoms with E-state index < -0.39 is 5.60 Å².